The van der Waals surface area contributed by atoms with Gasteiger partial charge in [0.2, 0.25) is 0 Å². The van der Waals surface area contributed by atoms with Crippen molar-refractivity contribution in [2.75, 3.05) is 26.2 Å². The molecule has 0 radical (unpaired) electrons. The molecule has 0 spiro atoms. The summed E-state index contributed by atoms with van der Waals surface area (Å²) in [6.07, 6.45) is 3.95. The Balaban J connectivity index is 1.57. The highest BCUT2D eigenvalue weighted by molar-refractivity contribution is 7.09. The molecule has 0 aromatic carbocycles. The molecule has 2 atom stereocenters. The van der Waals surface area contributed by atoms with E-state index in [9.17, 15) is 0 Å². The molecule has 2 rings (SSSR count). The van der Waals surface area contributed by atoms with Crippen LogP contribution in [0.4, 0.5) is 0 Å². The van der Waals surface area contributed by atoms with E-state index < -0.39 is 0 Å². The van der Waals surface area contributed by atoms with Crippen molar-refractivity contribution in [2.45, 2.75) is 39.2 Å². The standard InChI is InChI=1S/C15H26N2S/c1-13-5-3-10-17(14(13)2)11-9-16-8-7-15-6-4-12-18-15/h4,6,12-14,16H,3,5,7-11H2,1-2H3. The Morgan fingerprint density at radius 2 is 2.28 bits per heavy atom. The van der Waals surface area contributed by atoms with E-state index in [4.69, 9.17) is 0 Å². The molecule has 2 unspecified atom stereocenters. The van der Waals surface area contributed by atoms with Crippen LogP contribution in [-0.2, 0) is 6.42 Å². The predicted octanol–water partition coefficient (Wildman–Crippen LogP) is 3.00. The summed E-state index contributed by atoms with van der Waals surface area (Å²) in [5, 5.41) is 5.73. The van der Waals surface area contributed by atoms with E-state index in [-0.39, 0.29) is 0 Å². The van der Waals surface area contributed by atoms with Crippen molar-refractivity contribution in [1.82, 2.24) is 10.2 Å². The molecule has 0 amide bonds. The lowest BCUT2D eigenvalue weighted by Gasteiger charge is -2.37. The van der Waals surface area contributed by atoms with Crippen LogP contribution in [0.5, 0.6) is 0 Å². The average molecular weight is 266 g/mol. The highest BCUT2D eigenvalue weighted by Crippen LogP contribution is 2.21. The largest absolute Gasteiger partial charge is 0.315 e. The van der Waals surface area contributed by atoms with Crippen LogP contribution in [0.25, 0.3) is 0 Å². The quantitative estimate of drug-likeness (QED) is 0.796. The second kappa shape index (κ2) is 7.27. The van der Waals surface area contributed by atoms with E-state index in [0.717, 1.165) is 25.0 Å². The van der Waals surface area contributed by atoms with E-state index in [1.54, 1.807) is 0 Å². The van der Waals surface area contributed by atoms with Gasteiger partial charge in [-0.15, -0.1) is 11.3 Å². The van der Waals surface area contributed by atoms with E-state index in [1.165, 1.54) is 37.2 Å². The van der Waals surface area contributed by atoms with Gasteiger partial charge in [-0.3, -0.25) is 4.90 Å². The van der Waals surface area contributed by atoms with Gasteiger partial charge in [-0.25, -0.2) is 0 Å². The molecule has 1 saturated heterocycles. The monoisotopic (exact) mass is 266 g/mol. The summed E-state index contributed by atoms with van der Waals surface area (Å²) < 4.78 is 0. The molecule has 102 valence electrons. The van der Waals surface area contributed by atoms with Gasteiger partial charge in [0.1, 0.15) is 0 Å². The molecule has 2 nitrogen and oxygen atoms in total. The van der Waals surface area contributed by atoms with E-state index >= 15 is 0 Å². The summed E-state index contributed by atoms with van der Waals surface area (Å²) >= 11 is 1.86. The van der Waals surface area contributed by atoms with Gasteiger partial charge < -0.3 is 5.32 Å². The molecule has 0 bridgehead atoms. The van der Waals surface area contributed by atoms with E-state index in [1.807, 2.05) is 11.3 Å². The molecule has 0 saturated carbocycles. The maximum atomic E-state index is 3.57. The van der Waals surface area contributed by atoms with Gasteiger partial charge in [0.05, 0.1) is 0 Å². The molecular formula is C15H26N2S. The first-order chi connectivity index (χ1) is 8.77. The van der Waals surface area contributed by atoms with Crippen LogP contribution in [0.2, 0.25) is 0 Å². The molecule has 3 heteroatoms. The van der Waals surface area contributed by atoms with Gasteiger partial charge in [0, 0.05) is 30.6 Å². The van der Waals surface area contributed by atoms with Crippen molar-refractivity contribution >= 4 is 11.3 Å². The summed E-state index contributed by atoms with van der Waals surface area (Å²) in [4.78, 5) is 4.13. The summed E-state index contributed by atoms with van der Waals surface area (Å²) in [5.74, 6) is 0.866. The molecule has 18 heavy (non-hydrogen) atoms. The number of thiophene rings is 1. The summed E-state index contributed by atoms with van der Waals surface area (Å²) in [6, 6.07) is 5.12. The van der Waals surface area contributed by atoms with Crippen LogP contribution in [-0.4, -0.2) is 37.1 Å². The van der Waals surface area contributed by atoms with Gasteiger partial charge >= 0.3 is 0 Å². The fourth-order valence-electron chi connectivity index (χ4n) is 2.75. The SMILES string of the molecule is CC1CCCN(CCNCCc2cccs2)C1C. The lowest BCUT2D eigenvalue weighted by atomic mass is 9.92. The molecule has 2 heterocycles. The summed E-state index contributed by atoms with van der Waals surface area (Å²) in [7, 11) is 0. The van der Waals surface area contributed by atoms with Gasteiger partial charge in [0.15, 0.2) is 0 Å². The van der Waals surface area contributed by atoms with Gasteiger partial charge in [-0.2, -0.15) is 0 Å². The second-order valence-corrected chi connectivity index (χ2v) is 6.51. The fourth-order valence-corrected chi connectivity index (χ4v) is 3.46. The third kappa shape index (κ3) is 4.08. The zero-order valence-corrected chi connectivity index (χ0v) is 12.5. The minimum absolute atomic E-state index is 0.762. The molecular weight excluding hydrogens is 240 g/mol. The maximum Gasteiger partial charge on any atom is 0.0110 e. The fraction of sp³-hybridized carbons (Fsp3) is 0.733. The minimum atomic E-state index is 0.762. The molecule has 1 fully saturated rings. The predicted molar refractivity (Wildman–Crippen MR) is 80.3 cm³/mol. The normalized spacial score (nSPS) is 25.4. The Morgan fingerprint density at radius 1 is 1.39 bits per heavy atom. The number of hydrogen-bond donors (Lipinski definition) is 1. The highest BCUT2D eigenvalue weighted by Gasteiger charge is 2.23. The summed E-state index contributed by atoms with van der Waals surface area (Å²) in [5.41, 5.74) is 0. The number of likely N-dealkylation sites (tertiary alicyclic amines) is 1. The van der Waals surface area contributed by atoms with Crippen LogP contribution in [0.15, 0.2) is 17.5 Å². The Kier molecular flexibility index (Phi) is 5.67. The Labute approximate surface area is 115 Å². The third-order valence-corrected chi connectivity index (χ3v) is 5.14. The number of nitrogens with zero attached hydrogens (tertiary/aromatic N) is 1. The maximum absolute atomic E-state index is 3.57. The zero-order chi connectivity index (χ0) is 12.8. The van der Waals surface area contributed by atoms with Crippen LogP contribution >= 0.6 is 11.3 Å². The number of piperidine rings is 1. The first-order valence-electron chi connectivity index (χ1n) is 7.24. The molecule has 1 N–H and O–H groups in total. The number of nitrogens with one attached hydrogen (secondary N) is 1. The van der Waals surface area contributed by atoms with Crippen molar-refractivity contribution < 1.29 is 0 Å². The molecule has 1 aliphatic heterocycles. The third-order valence-electron chi connectivity index (χ3n) is 4.21. The average Bonchev–Trinajstić information content (AvgIpc) is 2.87. The zero-order valence-electron chi connectivity index (χ0n) is 11.7. The second-order valence-electron chi connectivity index (χ2n) is 5.48. The van der Waals surface area contributed by atoms with Gasteiger partial charge in [-0.05, 0) is 50.1 Å². The molecule has 1 aromatic heterocycles. The van der Waals surface area contributed by atoms with Crippen LogP contribution in [0.1, 0.15) is 31.6 Å². The first kappa shape index (κ1) is 14.0. The molecule has 0 aliphatic carbocycles. The lowest BCUT2D eigenvalue weighted by molar-refractivity contribution is 0.115. The van der Waals surface area contributed by atoms with Crippen molar-refractivity contribution in [3.8, 4) is 0 Å². The first-order valence-corrected chi connectivity index (χ1v) is 8.12. The minimum Gasteiger partial charge on any atom is -0.315 e. The Morgan fingerprint density at radius 3 is 3.06 bits per heavy atom. The smallest absolute Gasteiger partial charge is 0.0110 e. The van der Waals surface area contributed by atoms with Crippen molar-refractivity contribution in [3.05, 3.63) is 22.4 Å². The summed E-state index contributed by atoms with van der Waals surface area (Å²) in [6.45, 7) is 9.51. The van der Waals surface area contributed by atoms with Gasteiger partial charge in [-0.1, -0.05) is 13.0 Å². The lowest BCUT2D eigenvalue weighted by Crippen LogP contribution is -2.45. The van der Waals surface area contributed by atoms with E-state index in [0.29, 0.717) is 0 Å². The van der Waals surface area contributed by atoms with Crippen LogP contribution < -0.4 is 5.32 Å². The Hall–Kier alpha value is -0.380. The van der Waals surface area contributed by atoms with Crippen molar-refractivity contribution in [1.29, 1.82) is 0 Å². The van der Waals surface area contributed by atoms with Crippen LogP contribution in [0, 0.1) is 5.92 Å². The molecule has 1 aromatic rings. The van der Waals surface area contributed by atoms with Crippen molar-refractivity contribution in [3.63, 3.8) is 0 Å². The Bertz CT molecular complexity index is 323. The van der Waals surface area contributed by atoms with Crippen LogP contribution in [0.3, 0.4) is 0 Å². The number of rotatable bonds is 6. The van der Waals surface area contributed by atoms with Gasteiger partial charge in [0.25, 0.3) is 0 Å². The highest BCUT2D eigenvalue weighted by atomic mass is 32.1. The van der Waals surface area contributed by atoms with E-state index in [2.05, 4.69) is 41.6 Å². The molecule has 1 aliphatic rings. The van der Waals surface area contributed by atoms with Crippen molar-refractivity contribution in [2.24, 2.45) is 5.92 Å². The number of hydrogen-bond acceptors (Lipinski definition) is 3. The topological polar surface area (TPSA) is 15.3 Å².